The highest BCUT2D eigenvalue weighted by molar-refractivity contribution is 5.54. The van der Waals surface area contributed by atoms with Gasteiger partial charge in [0.25, 0.3) is 0 Å². The number of fused-ring (bicyclic) bond motifs is 1. The van der Waals surface area contributed by atoms with Gasteiger partial charge in [-0.15, -0.1) is 10.2 Å². The molecule has 1 atom stereocenters. The number of nitrogens with zero attached hydrogens (tertiary/aromatic N) is 6. The average molecular weight is 308 g/mol. The highest BCUT2D eigenvalue weighted by Gasteiger charge is 2.31. The van der Waals surface area contributed by atoms with Crippen LogP contribution >= 0.6 is 0 Å². The summed E-state index contributed by atoms with van der Waals surface area (Å²) in [6, 6.07) is 6.11. The van der Waals surface area contributed by atoms with Crippen LogP contribution < -0.4 is 4.90 Å². The molecule has 23 heavy (non-hydrogen) atoms. The molecule has 1 fully saturated rings. The van der Waals surface area contributed by atoms with Crippen molar-refractivity contribution in [1.82, 2.24) is 19.7 Å². The zero-order valence-electron chi connectivity index (χ0n) is 13.1. The van der Waals surface area contributed by atoms with E-state index in [1.54, 1.807) is 6.20 Å². The fourth-order valence-electron chi connectivity index (χ4n) is 3.74. The van der Waals surface area contributed by atoms with Crippen molar-refractivity contribution in [3.05, 3.63) is 35.5 Å². The minimum absolute atomic E-state index is 0.171. The lowest BCUT2D eigenvalue weighted by Crippen LogP contribution is -2.36. The molecule has 0 saturated carbocycles. The molecule has 0 bridgehead atoms. The first-order valence-electron chi connectivity index (χ1n) is 8.42. The minimum atomic E-state index is 0.171. The topological polar surface area (TPSA) is 70.6 Å². The maximum Gasteiger partial charge on any atom is 0.155 e. The van der Waals surface area contributed by atoms with Gasteiger partial charge in [-0.05, 0) is 44.2 Å². The van der Waals surface area contributed by atoms with Crippen molar-refractivity contribution in [1.29, 1.82) is 5.26 Å². The minimum Gasteiger partial charge on any atom is -0.345 e. The van der Waals surface area contributed by atoms with Gasteiger partial charge in [-0.1, -0.05) is 0 Å². The first-order chi connectivity index (χ1) is 11.4. The van der Waals surface area contributed by atoms with Crippen LogP contribution in [0.25, 0.3) is 0 Å². The summed E-state index contributed by atoms with van der Waals surface area (Å²) < 4.78 is 2.29. The fourth-order valence-corrected chi connectivity index (χ4v) is 3.74. The largest absolute Gasteiger partial charge is 0.345 e. The molecule has 0 aromatic carbocycles. The van der Waals surface area contributed by atoms with E-state index in [2.05, 4.69) is 30.7 Å². The van der Waals surface area contributed by atoms with E-state index in [0.717, 1.165) is 49.8 Å². The Morgan fingerprint density at radius 3 is 2.96 bits per heavy atom. The first-order valence-corrected chi connectivity index (χ1v) is 8.42. The lowest BCUT2D eigenvalue weighted by atomic mass is 10.00. The third-order valence-electron chi connectivity index (χ3n) is 4.87. The van der Waals surface area contributed by atoms with Gasteiger partial charge in [0.1, 0.15) is 17.7 Å². The SMILES string of the molecule is N#Cc1cccnc1N1CCCCC1c1nnc2n1CCCC2. The zero-order chi connectivity index (χ0) is 15.6. The summed E-state index contributed by atoms with van der Waals surface area (Å²) in [6.07, 6.45) is 8.52. The van der Waals surface area contributed by atoms with Crippen molar-refractivity contribution in [2.75, 3.05) is 11.4 Å². The number of hydrogen-bond acceptors (Lipinski definition) is 5. The maximum atomic E-state index is 9.41. The van der Waals surface area contributed by atoms with E-state index in [1.807, 2.05) is 12.1 Å². The van der Waals surface area contributed by atoms with Gasteiger partial charge in [0.05, 0.1) is 11.6 Å². The molecule has 4 heterocycles. The van der Waals surface area contributed by atoms with E-state index in [1.165, 1.54) is 19.3 Å². The van der Waals surface area contributed by atoms with Gasteiger partial charge in [0.15, 0.2) is 5.82 Å². The second-order valence-corrected chi connectivity index (χ2v) is 6.27. The molecule has 1 unspecified atom stereocenters. The number of anilines is 1. The molecule has 6 heteroatoms. The van der Waals surface area contributed by atoms with Crippen LogP contribution in [0.4, 0.5) is 5.82 Å². The Hall–Kier alpha value is -2.42. The van der Waals surface area contributed by atoms with Crippen molar-refractivity contribution in [3.8, 4) is 6.07 Å². The predicted octanol–water partition coefficient (Wildman–Crippen LogP) is 2.61. The monoisotopic (exact) mass is 308 g/mol. The van der Waals surface area contributed by atoms with Gasteiger partial charge in [-0.25, -0.2) is 4.98 Å². The Morgan fingerprint density at radius 2 is 2.04 bits per heavy atom. The summed E-state index contributed by atoms with van der Waals surface area (Å²) in [7, 11) is 0. The standard InChI is InChI=1S/C17H20N6/c18-12-13-6-5-9-19-16(13)22-10-3-1-7-14(22)17-21-20-15-8-2-4-11-23(15)17/h5-6,9,14H,1-4,7-8,10-11H2. The Labute approximate surface area is 135 Å². The van der Waals surface area contributed by atoms with Crippen LogP contribution in [0.1, 0.15) is 55.4 Å². The summed E-state index contributed by atoms with van der Waals surface area (Å²) in [5.74, 6) is 2.94. The number of pyridine rings is 1. The molecule has 6 nitrogen and oxygen atoms in total. The van der Waals surface area contributed by atoms with E-state index in [9.17, 15) is 5.26 Å². The summed E-state index contributed by atoms with van der Waals surface area (Å²) in [5, 5.41) is 18.3. The molecule has 2 aromatic rings. The molecule has 1 saturated heterocycles. The number of hydrogen-bond donors (Lipinski definition) is 0. The zero-order valence-corrected chi connectivity index (χ0v) is 13.1. The van der Waals surface area contributed by atoms with Crippen molar-refractivity contribution >= 4 is 5.82 Å². The molecular weight excluding hydrogens is 288 g/mol. The predicted molar refractivity (Wildman–Crippen MR) is 85.9 cm³/mol. The number of piperidine rings is 1. The number of rotatable bonds is 2. The maximum absolute atomic E-state index is 9.41. The first kappa shape index (κ1) is 14.2. The van der Waals surface area contributed by atoms with Crippen LogP contribution in [-0.2, 0) is 13.0 Å². The lowest BCUT2D eigenvalue weighted by molar-refractivity contribution is 0.420. The summed E-state index contributed by atoms with van der Waals surface area (Å²) in [4.78, 5) is 6.75. The highest BCUT2D eigenvalue weighted by atomic mass is 15.3. The van der Waals surface area contributed by atoms with E-state index < -0.39 is 0 Å². The van der Waals surface area contributed by atoms with Crippen LogP contribution in [0, 0.1) is 11.3 Å². The van der Waals surface area contributed by atoms with Crippen molar-refractivity contribution in [2.24, 2.45) is 0 Å². The van der Waals surface area contributed by atoms with E-state index in [-0.39, 0.29) is 6.04 Å². The van der Waals surface area contributed by atoms with Crippen LogP contribution in [0.3, 0.4) is 0 Å². The summed E-state index contributed by atoms with van der Waals surface area (Å²) in [6.45, 7) is 1.92. The highest BCUT2D eigenvalue weighted by Crippen LogP contribution is 2.35. The molecule has 118 valence electrons. The van der Waals surface area contributed by atoms with Crippen molar-refractivity contribution in [3.63, 3.8) is 0 Å². The average Bonchev–Trinajstić information content (AvgIpc) is 3.05. The smallest absolute Gasteiger partial charge is 0.155 e. The molecule has 0 N–H and O–H groups in total. The third kappa shape index (κ3) is 2.46. The molecule has 0 aliphatic carbocycles. The molecular formula is C17H20N6. The van der Waals surface area contributed by atoms with E-state index in [4.69, 9.17) is 0 Å². The molecule has 2 aliphatic heterocycles. The quantitative estimate of drug-likeness (QED) is 0.853. The van der Waals surface area contributed by atoms with Crippen LogP contribution in [0.2, 0.25) is 0 Å². The lowest BCUT2D eigenvalue weighted by Gasteiger charge is -2.36. The second-order valence-electron chi connectivity index (χ2n) is 6.27. The number of aryl methyl sites for hydroxylation is 1. The summed E-state index contributed by atoms with van der Waals surface area (Å²) in [5.41, 5.74) is 0.637. The molecule has 0 spiro atoms. The Bertz CT molecular complexity index is 744. The second kappa shape index (κ2) is 5.99. The number of nitriles is 1. The van der Waals surface area contributed by atoms with Gasteiger partial charge in [-0.3, -0.25) is 0 Å². The van der Waals surface area contributed by atoms with Gasteiger partial charge >= 0.3 is 0 Å². The normalized spacial score (nSPS) is 20.8. The molecule has 2 aliphatic rings. The molecule has 4 rings (SSSR count). The molecule has 2 aromatic heterocycles. The number of aromatic nitrogens is 4. The van der Waals surface area contributed by atoms with E-state index in [0.29, 0.717) is 5.56 Å². The van der Waals surface area contributed by atoms with Crippen LogP contribution in [-0.4, -0.2) is 26.3 Å². The van der Waals surface area contributed by atoms with E-state index >= 15 is 0 Å². The third-order valence-corrected chi connectivity index (χ3v) is 4.87. The van der Waals surface area contributed by atoms with Gasteiger partial charge in [-0.2, -0.15) is 5.26 Å². The van der Waals surface area contributed by atoms with Gasteiger partial charge in [0.2, 0.25) is 0 Å². The Morgan fingerprint density at radius 1 is 1.13 bits per heavy atom. The summed E-state index contributed by atoms with van der Waals surface area (Å²) >= 11 is 0. The fraction of sp³-hybridized carbons (Fsp3) is 0.529. The van der Waals surface area contributed by atoms with Crippen LogP contribution in [0.5, 0.6) is 0 Å². The van der Waals surface area contributed by atoms with Gasteiger partial charge in [0, 0.05) is 25.7 Å². The van der Waals surface area contributed by atoms with Crippen molar-refractivity contribution < 1.29 is 0 Å². The van der Waals surface area contributed by atoms with Crippen molar-refractivity contribution in [2.45, 2.75) is 51.1 Å². The van der Waals surface area contributed by atoms with Gasteiger partial charge < -0.3 is 9.47 Å². The molecule has 0 amide bonds. The molecule has 0 radical (unpaired) electrons. The Kier molecular flexibility index (Phi) is 3.70. The Balaban J connectivity index is 1.74. The van der Waals surface area contributed by atoms with Crippen LogP contribution in [0.15, 0.2) is 18.3 Å².